The Morgan fingerprint density at radius 3 is 2.81 bits per heavy atom. The number of hydrogen-bond donors (Lipinski definition) is 1. The molecule has 4 heterocycles. The van der Waals surface area contributed by atoms with Gasteiger partial charge in [0.15, 0.2) is 0 Å². The van der Waals surface area contributed by atoms with Crippen LogP contribution in [-0.4, -0.2) is 42.3 Å². The monoisotopic (exact) mass is 350 g/mol. The van der Waals surface area contributed by atoms with Crippen LogP contribution in [-0.2, 0) is 0 Å². The standard InChI is InChI=1S/C19H22N6O/c1-13(2)25-12-15(10-22-25)19(26)24-9-3-4-17(24)18-16(11-21-23-18)14-5-7-20-8-6-14/h5-8,10-13,17H,3-4,9H2,1-2H3,(H,21,23)/t17-/m1/s1. The minimum atomic E-state index is -0.00411. The Morgan fingerprint density at radius 1 is 1.27 bits per heavy atom. The molecule has 0 radical (unpaired) electrons. The van der Waals surface area contributed by atoms with Crippen LogP contribution in [0.1, 0.15) is 54.8 Å². The molecule has 0 saturated carbocycles. The van der Waals surface area contributed by atoms with E-state index in [-0.39, 0.29) is 18.0 Å². The van der Waals surface area contributed by atoms with Crippen molar-refractivity contribution in [2.24, 2.45) is 0 Å². The maximum Gasteiger partial charge on any atom is 0.257 e. The molecule has 3 aromatic rings. The zero-order valence-corrected chi connectivity index (χ0v) is 15.0. The Balaban J connectivity index is 1.63. The minimum absolute atomic E-state index is 0.00411. The number of H-pyrrole nitrogens is 1. The van der Waals surface area contributed by atoms with E-state index in [1.54, 1.807) is 18.6 Å². The van der Waals surface area contributed by atoms with E-state index in [2.05, 4.69) is 20.3 Å². The number of aromatic amines is 1. The van der Waals surface area contributed by atoms with Gasteiger partial charge in [-0.15, -0.1) is 0 Å². The summed E-state index contributed by atoms with van der Waals surface area (Å²) in [7, 11) is 0. The van der Waals surface area contributed by atoms with E-state index >= 15 is 0 Å². The maximum absolute atomic E-state index is 13.1. The summed E-state index contributed by atoms with van der Waals surface area (Å²) in [5.41, 5.74) is 3.69. The van der Waals surface area contributed by atoms with Crippen molar-refractivity contribution in [3.63, 3.8) is 0 Å². The van der Waals surface area contributed by atoms with Gasteiger partial charge in [0, 0.05) is 36.7 Å². The second-order valence-corrected chi connectivity index (χ2v) is 6.89. The van der Waals surface area contributed by atoms with Crippen molar-refractivity contribution >= 4 is 5.91 Å². The van der Waals surface area contributed by atoms with Crippen LogP contribution in [0.15, 0.2) is 43.1 Å². The van der Waals surface area contributed by atoms with Gasteiger partial charge < -0.3 is 4.90 Å². The van der Waals surface area contributed by atoms with Crippen LogP contribution in [0.3, 0.4) is 0 Å². The number of hydrogen-bond acceptors (Lipinski definition) is 4. The highest BCUT2D eigenvalue weighted by molar-refractivity contribution is 5.94. The first-order chi connectivity index (χ1) is 12.6. The molecular formula is C19H22N6O. The zero-order chi connectivity index (χ0) is 18.1. The average molecular weight is 350 g/mol. The highest BCUT2D eigenvalue weighted by atomic mass is 16.2. The molecule has 1 amide bonds. The molecule has 1 atom stereocenters. The normalized spacial score (nSPS) is 17.2. The second kappa shape index (κ2) is 6.74. The molecule has 1 saturated heterocycles. The first-order valence-electron chi connectivity index (χ1n) is 8.94. The molecule has 4 rings (SSSR count). The molecule has 26 heavy (non-hydrogen) atoms. The van der Waals surface area contributed by atoms with Gasteiger partial charge in [0.2, 0.25) is 0 Å². The molecule has 1 fully saturated rings. The summed E-state index contributed by atoms with van der Waals surface area (Å²) in [5.74, 6) is 0.0229. The molecule has 3 aromatic heterocycles. The molecule has 1 aliphatic heterocycles. The number of carbonyl (C=O) groups is 1. The molecule has 0 spiro atoms. The van der Waals surface area contributed by atoms with Gasteiger partial charge in [-0.3, -0.25) is 19.6 Å². The summed E-state index contributed by atoms with van der Waals surface area (Å²) in [6.45, 7) is 4.84. The highest BCUT2D eigenvalue weighted by Gasteiger charge is 2.33. The van der Waals surface area contributed by atoms with E-state index in [0.717, 1.165) is 36.2 Å². The van der Waals surface area contributed by atoms with Crippen molar-refractivity contribution < 1.29 is 4.79 Å². The van der Waals surface area contributed by atoms with E-state index in [1.165, 1.54) is 0 Å². The fourth-order valence-corrected chi connectivity index (χ4v) is 3.52. The van der Waals surface area contributed by atoms with E-state index in [0.29, 0.717) is 5.56 Å². The molecule has 1 aliphatic rings. The summed E-state index contributed by atoms with van der Waals surface area (Å²) in [4.78, 5) is 19.1. The molecule has 1 N–H and O–H groups in total. The average Bonchev–Trinajstić information content (AvgIpc) is 3.40. The van der Waals surface area contributed by atoms with E-state index in [4.69, 9.17) is 0 Å². The Hall–Kier alpha value is -2.96. The van der Waals surface area contributed by atoms with Crippen LogP contribution < -0.4 is 0 Å². The highest BCUT2D eigenvalue weighted by Crippen LogP contribution is 2.37. The molecular weight excluding hydrogens is 328 g/mol. The first kappa shape index (κ1) is 16.5. The number of nitrogens with one attached hydrogen (secondary N) is 1. The third-order valence-electron chi connectivity index (χ3n) is 4.88. The number of carbonyl (C=O) groups excluding carboxylic acids is 1. The molecule has 134 valence electrons. The molecule has 7 nitrogen and oxygen atoms in total. The van der Waals surface area contributed by atoms with Crippen molar-refractivity contribution in [3.05, 3.63) is 54.4 Å². The third kappa shape index (κ3) is 2.89. The molecule has 0 unspecified atom stereocenters. The van der Waals surface area contributed by atoms with Gasteiger partial charge in [-0.1, -0.05) is 0 Å². The second-order valence-electron chi connectivity index (χ2n) is 6.89. The van der Waals surface area contributed by atoms with Crippen molar-refractivity contribution in [3.8, 4) is 11.1 Å². The maximum atomic E-state index is 13.1. The fraction of sp³-hybridized carbons (Fsp3) is 0.368. The number of likely N-dealkylation sites (tertiary alicyclic amines) is 1. The van der Waals surface area contributed by atoms with E-state index in [9.17, 15) is 4.79 Å². The number of rotatable bonds is 4. The van der Waals surface area contributed by atoms with Crippen LogP contribution in [0.2, 0.25) is 0 Å². The molecule has 0 aromatic carbocycles. The number of amides is 1. The predicted octanol–water partition coefficient (Wildman–Crippen LogP) is 3.23. The van der Waals surface area contributed by atoms with Crippen molar-refractivity contribution in [2.45, 2.75) is 38.8 Å². The lowest BCUT2D eigenvalue weighted by Gasteiger charge is -2.24. The smallest absolute Gasteiger partial charge is 0.257 e. The van der Waals surface area contributed by atoms with Crippen molar-refractivity contribution in [2.75, 3.05) is 6.54 Å². The van der Waals surface area contributed by atoms with Gasteiger partial charge in [0.05, 0.1) is 29.7 Å². The van der Waals surface area contributed by atoms with Crippen LogP contribution in [0.25, 0.3) is 11.1 Å². The summed E-state index contributed by atoms with van der Waals surface area (Å²) in [5, 5.41) is 11.7. The number of nitrogens with zero attached hydrogens (tertiary/aromatic N) is 5. The summed E-state index contributed by atoms with van der Waals surface area (Å²) in [6.07, 6.45) is 10.7. The van der Waals surface area contributed by atoms with Crippen molar-refractivity contribution in [1.82, 2.24) is 29.9 Å². The first-order valence-corrected chi connectivity index (χ1v) is 8.94. The van der Waals surface area contributed by atoms with Crippen LogP contribution >= 0.6 is 0 Å². The number of pyridine rings is 1. The van der Waals surface area contributed by atoms with Gasteiger partial charge in [0.25, 0.3) is 5.91 Å². The minimum Gasteiger partial charge on any atom is -0.330 e. The summed E-state index contributed by atoms with van der Waals surface area (Å²) >= 11 is 0. The van der Waals surface area contributed by atoms with Crippen LogP contribution in [0.5, 0.6) is 0 Å². The van der Waals surface area contributed by atoms with Gasteiger partial charge in [-0.25, -0.2) is 0 Å². The lowest BCUT2D eigenvalue weighted by molar-refractivity contribution is 0.0733. The van der Waals surface area contributed by atoms with Gasteiger partial charge >= 0.3 is 0 Å². The Morgan fingerprint density at radius 2 is 2.08 bits per heavy atom. The summed E-state index contributed by atoms with van der Waals surface area (Å²) < 4.78 is 1.82. The van der Waals surface area contributed by atoms with Crippen molar-refractivity contribution in [1.29, 1.82) is 0 Å². The quantitative estimate of drug-likeness (QED) is 0.783. The fourth-order valence-electron chi connectivity index (χ4n) is 3.52. The number of aromatic nitrogens is 5. The molecule has 0 bridgehead atoms. The van der Waals surface area contributed by atoms with Crippen LogP contribution in [0, 0.1) is 0 Å². The Labute approximate surface area is 152 Å². The van der Waals surface area contributed by atoms with E-state index < -0.39 is 0 Å². The van der Waals surface area contributed by atoms with Gasteiger partial charge in [0.1, 0.15) is 0 Å². The molecule has 0 aliphatic carbocycles. The molecule has 7 heteroatoms. The Kier molecular flexibility index (Phi) is 4.28. The SMILES string of the molecule is CC(C)n1cc(C(=O)N2CCC[C@@H]2c2[nH]ncc2-c2ccncc2)cn1. The predicted molar refractivity (Wildman–Crippen MR) is 97.4 cm³/mol. The zero-order valence-electron chi connectivity index (χ0n) is 15.0. The summed E-state index contributed by atoms with van der Waals surface area (Å²) in [6, 6.07) is 4.15. The van der Waals surface area contributed by atoms with Crippen LogP contribution in [0.4, 0.5) is 0 Å². The Bertz CT molecular complexity index is 898. The topological polar surface area (TPSA) is 79.7 Å². The van der Waals surface area contributed by atoms with Gasteiger partial charge in [-0.05, 0) is 44.4 Å². The lowest BCUT2D eigenvalue weighted by atomic mass is 10.0. The van der Waals surface area contributed by atoms with E-state index in [1.807, 2.05) is 48.0 Å². The van der Waals surface area contributed by atoms with Gasteiger partial charge in [-0.2, -0.15) is 10.2 Å². The third-order valence-corrected chi connectivity index (χ3v) is 4.88. The largest absolute Gasteiger partial charge is 0.330 e. The lowest BCUT2D eigenvalue weighted by Crippen LogP contribution is -2.30.